The second kappa shape index (κ2) is 10.1. The van der Waals surface area contributed by atoms with E-state index in [9.17, 15) is 4.79 Å². The molecule has 0 aromatic carbocycles. The maximum atomic E-state index is 11.3. The van der Waals surface area contributed by atoms with Crippen LogP contribution in [0, 0.1) is 5.92 Å². The third kappa shape index (κ3) is 13.6. The molecule has 0 aliphatic rings. The molecule has 0 aliphatic heterocycles. The zero-order chi connectivity index (χ0) is 12.4. The largest absolute Gasteiger partial charge is 0.343 e. The SMILES string of the molecule is CCN(CC)C(=O)CC(C)C.O=[PH](O)O. The normalized spacial score (nSPS) is 9.87. The zero-order valence-corrected chi connectivity index (χ0v) is 10.9. The first-order valence-electron chi connectivity index (χ1n) is 5.04. The van der Waals surface area contributed by atoms with E-state index in [1.54, 1.807) is 0 Å². The predicted octanol–water partition coefficient (Wildman–Crippen LogP) is 1.26. The Balaban J connectivity index is 0. The lowest BCUT2D eigenvalue weighted by atomic mass is 10.1. The molecule has 0 aromatic heterocycles. The van der Waals surface area contributed by atoms with Crippen molar-refractivity contribution in [3.8, 4) is 0 Å². The molecule has 0 unspecified atom stereocenters. The summed E-state index contributed by atoms with van der Waals surface area (Å²) in [5.41, 5.74) is 0. The number of rotatable bonds is 4. The lowest BCUT2D eigenvalue weighted by Gasteiger charge is -2.19. The molecule has 0 fully saturated rings. The van der Waals surface area contributed by atoms with Gasteiger partial charge in [-0.1, -0.05) is 13.8 Å². The molecule has 0 heterocycles. The van der Waals surface area contributed by atoms with Gasteiger partial charge < -0.3 is 14.7 Å². The molecular weight excluding hydrogens is 217 g/mol. The Hall–Kier alpha value is -0.380. The van der Waals surface area contributed by atoms with Crippen LogP contribution in [0.3, 0.4) is 0 Å². The highest BCUT2D eigenvalue weighted by atomic mass is 31.1. The first kappa shape index (κ1) is 17.0. The van der Waals surface area contributed by atoms with E-state index in [0.717, 1.165) is 13.1 Å². The molecule has 6 heteroatoms. The van der Waals surface area contributed by atoms with Gasteiger partial charge in [-0.15, -0.1) is 0 Å². The standard InChI is InChI=1S/C9H19NO.H3O3P/c1-5-10(6-2)9(11)7-8(3)4;1-4(2)3/h8H,5-7H2,1-4H3;4H,(H2,1,2,3). The maximum Gasteiger partial charge on any atom is 0.314 e. The van der Waals surface area contributed by atoms with Gasteiger partial charge in [-0.25, -0.2) is 0 Å². The molecule has 0 bridgehead atoms. The smallest absolute Gasteiger partial charge is 0.314 e. The molecule has 0 radical (unpaired) electrons. The van der Waals surface area contributed by atoms with E-state index in [0.29, 0.717) is 12.3 Å². The topological polar surface area (TPSA) is 77.8 Å². The molecule has 0 atom stereocenters. The van der Waals surface area contributed by atoms with Crippen molar-refractivity contribution in [1.82, 2.24) is 4.90 Å². The van der Waals surface area contributed by atoms with Gasteiger partial charge in [0.1, 0.15) is 0 Å². The maximum absolute atomic E-state index is 11.3. The first-order valence-corrected chi connectivity index (χ1v) is 6.34. The monoisotopic (exact) mass is 239 g/mol. The molecule has 2 N–H and O–H groups in total. The first-order chi connectivity index (χ1) is 6.84. The number of carbonyl (C=O) groups excluding carboxylic acids is 1. The number of hydrogen-bond donors (Lipinski definition) is 2. The Kier molecular flexibility index (Phi) is 11.5. The Morgan fingerprint density at radius 3 is 1.80 bits per heavy atom. The summed E-state index contributed by atoms with van der Waals surface area (Å²) in [7, 11) is -3.13. The van der Waals surface area contributed by atoms with Gasteiger partial charge >= 0.3 is 8.25 Å². The van der Waals surface area contributed by atoms with Crippen molar-refractivity contribution in [2.45, 2.75) is 34.1 Å². The minimum atomic E-state index is -3.13. The minimum Gasteiger partial charge on any atom is -0.343 e. The quantitative estimate of drug-likeness (QED) is 0.724. The summed E-state index contributed by atoms with van der Waals surface area (Å²) >= 11 is 0. The summed E-state index contributed by atoms with van der Waals surface area (Å²) in [6, 6.07) is 0. The van der Waals surface area contributed by atoms with Crippen molar-refractivity contribution in [3.63, 3.8) is 0 Å². The van der Waals surface area contributed by atoms with Crippen molar-refractivity contribution in [3.05, 3.63) is 0 Å². The highest BCUT2D eigenvalue weighted by molar-refractivity contribution is 7.30. The molecular formula is C9H22NO4P. The Morgan fingerprint density at radius 2 is 1.60 bits per heavy atom. The van der Waals surface area contributed by atoms with E-state index < -0.39 is 8.25 Å². The van der Waals surface area contributed by atoms with Crippen molar-refractivity contribution in [2.24, 2.45) is 5.92 Å². The molecule has 5 nitrogen and oxygen atoms in total. The zero-order valence-electron chi connectivity index (χ0n) is 9.86. The van der Waals surface area contributed by atoms with E-state index >= 15 is 0 Å². The highest BCUT2D eigenvalue weighted by Crippen LogP contribution is 2.03. The van der Waals surface area contributed by atoms with Gasteiger partial charge in [0.15, 0.2) is 0 Å². The van der Waals surface area contributed by atoms with Crippen LogP contribution in [-0.4, -0.2) is 33.7 Å². The lowest BCUT2D eigenvalue weighted by Crippen LogP contribution is -2.31. The summed E-state index contributed by atoms with van der Waals surface area (Å²) in [6.07, 6.45) is 0.682. The third-order valence-electron chi connectivity index (χ3n) is 1.70. The molecule has 92 valence electrons. The minimum absolute atomic E-state index is 0.282. The molecule has 0 saturated heterocycles. The molecule has 15 heavy (non-hydrogen) atoms. The molecule has 0 saturated carbocycles. The van der Waals surface area contributed by atoms with Crippen LogP contribution in [0.5, 0.6) is 0 Å². The molecule has 0 aromatic rings. The van der Waals surface area contributed by atoms with Crippen molar-refractivity contribution in [1.29, 1.82) is 0 Å². The molecule has 0 rings (SSSR count). The summed E-state index contributed by atoms with van der Waals surface area (Å²) in [4.78, 5) is 27.5. The Morgan fingerprint density at radius 1 is 1.27 bits per heavy atom. The number of amides is 1. The van der Waals surface area contributed by atoms with Gasteiger partial charge in [0.2, 0.25) is 5.91 Å². The third-order valence-corrected chi connectivity index (χ3v) is 1.70. The van der Waals surface area contributed by atoms with Gasteiger partial charge in [0.05, 0.1) is 0 Å². The summed E-state index contributed by atoms with van der Waals surface area (Å²) < 4.78 is 8.74. The molecule has 0 spiro atoms. The Bertz CT molecular complexity index is 189. The van der Waals surface area contributed by atoms with Crippen LogP contribution >= 0.6 is 8.25 Å². The van der Waals surface area contributed by atoms with Crippen molar-refractivity contribution >= 4 is 14.2 Å². The lowest BCUT2D eigenvalue weighted by molar-refractivity contribution is -0.131. The van der Waals surface area contributed by atoms with E-state index in [4.69, 9.17) is 14.4 Å². The average molecular weight is 239 g/mol. The fourth-order valence-electron chi connectivity index (χ4n) is 1.05. The predicted molar refractivity (Wildman–Crippen MR) is 60.8 cm³/mol. The van der Waals surface area contributed by atoms with Crippen LogP contribution in [-0.2, 0) is 9.36 Å². The van der Waals surface area contributed by atoms with E-state index in [1.807, 2.05) is 18.7 Å². The van der Waals surface area contributed by atoms with Crippen LogP contribution in [0.1, 0.15) is 34.1 Å². The average Bonchev–Trinajstić information content (AvgIpc) is 2.03. The number of nitrogens with zero attached hydrogens (tertiary/aromatic N) is 1. The van der Waals surface area contributed by atoms with E-state index in [2.05, 4.69) is 13.8 Å². The second-order valence-corrected chi connectivity index (χ2v) is 4.01. The number of carbonyl (C=O) groups is 1. The molecule has 0 aliphatic carbocycles. The summed E-state index contributed by atoms with van der Waals surface area (Å²) in [5, 5.41) is 0. The summed E-state index contributed by atoms with van der Waals surface area (Å²) in [6.45, 7) is 9.84. The van der Waals surface area contributed by atoms with Crippen LogP contribution < -0.4 is 0 Å². The van der Waals surface area contributed by atoms with Crippen LogP contribution in [0.25, 0.3) is 0 Å². The number of hydrogen-bond acceptors (Lipinski definition) is 2. The van der Waals surface area contributed by atoms with Gasteiger partial charge in [-0.05, 0) is 19.8 Å². The van der Waals surface area contributed by atoms with Crippen molar-refractivity contribution in [2.75, 3.05) is 13.1 Å². The molecule has 1 amide bonds. The van der Waals surface area contributed by atoms with Crippen molar-refractivity contribution < 1.29 is 19.1 Å². The van der Waals surface area contributed by atoms with Gasteiger partial charge in [0, 0.05) is 19.5 Å². The van der Waals surface area contributed by atoms with E-state index in [-0.39, 0.29) is 5.91 Å². The summed E-state index contributed by atoms with van der Waals surface area (Å²) in [5.74, 6) is 0.758. The fourth-order valence-corrected chi connectivity index (χ4v) is 1.05. The van der Waals surface area contributed by atoms with Gasteiger partial charge in [-0.2, -0.15) is 0 Å². The van der Waals surface area contributed by atoms with Crippen LogP contribution in [0.15, 0.2) is 0 Å². The van der Waals surface area contributed by atoms with Gasteiger partial charge in [-0.3, -0.25) is 9.36 Å². The Labute approximate surface area is 92.1 Å². The second-order valence-electron chi connectivity index (χ2n) is 3.45. The van der Waals surface area contributed by atoms with Crippen LogP contribution in [0.4, 0.5) is 0 Å². The fraction of sp³-hybridized carbons (Fsp3) is 0.889. The highest BCUT2D eigenvalue weighted by Gasteiger charge is 2.10. The van der Waals surface area contributed by atoms with Crippen LogP contribution in [0.2, 0.25) is 0 Å². The van der Waals surface area contributed by atoms with Gasteiger partial charge in [0.25, 0.3) is 0 Å². The van der Waals surface area contributed by atoms with E-state index in [1.165, 1.54) is 0 Å².